The number of amides is 1. The monoisotopic (exact) mass is 384 g/mol. The summed E-state index contributed by atoms with van der Waals surface area (Å²) in [5, 5.41) is 25.3. The van der Waals surface area contributed by atoms with Gasteiger partial charge in [0.15, 0.2) is 5.75 Å². The summed E-state index contributed by atoms with van der Waals surface area (Å²) in [6.07, 6.45) is 2.96. The van der Waals surface area contributed by atoms with Crippen molar-refractivity contribution in [2.75, 3.05) is 0 Å². The summed E-state index contributed by atoms with van der Waals surface area (Å²) in [5.41, 5.74) is 3.88. The molecule has 0 radical (unpaired) electrons. The fourth-order valence-corrected chi connectivity index (χ4v) is 2.67. The minimum Gasteiger partial charge on any atom is -0.504 e. The molecule has 0 fully saturated rings. The van der Waals surface area contributed by atoms with Crippen LogP contribution in [-0.4, -0.2) is 27.1 Å². The second-order valence-electron chi connectivity index (χ2n) is 5.59. The van der Waals surface area contributed by atoms with Crippen molar-refractivity contribution in [3.05, 3.63) is 74.9 Å². The van der Waals surface area contributed by atoms with E-state index in [0.717, 1.165) is 0 Å². The molecule has 1 heterocycles. The van der Waals surface area contributed by atoms with Crippen molar-refractivity contribution < 1.29 is 14.8 Å². The summed E-state index contributed by atoms with van der Waals surface area (Å²) in [7, 11) is 0. The number of carbonyl (C=O) groups is 1. The number of phenolic OH excluding ortho intramolecular Hbond substituents is 1. The van der Waals surface area contributed by atoms with Crippen molar-refractivity contribution in [1.29, 1.82) is 0 Å². The predicted molar refractivity (Wildman–Crippen MR) is 101 cm³/mol. The molecule has 0 aliphatic heterocycles. The number of nitrogens with zero attached hydrogens (tertiary/aromatic N) is 3. The van der Waals surface area contributed by atoms with Crippen LogP contribution in [0.2, 0.25) is 5.02 Å². The number of hydrogen-bond donors (Lipinski definition) is 2. The van der Waals surface area contributed by atoms with Crippen LogP contribution in [-0.2, 0) is 11.2 Å². The van der Waals surface area contributed by atoms with Crippen molar-refractivity contribution in [3.8, 4) is 5.75 Å². The van der Waals surface area contributed by atoms with Gasteiger partial charge in [0, 0.05) is 29.3 Å². The van der Waals surface area contributed by atoms with Gasteiger partial charge >= 0.3 is 0 Å². The maximum atomic E-state index is 12.0. The minimum atomic E-state index is -0.504. The molecule has 2 aromatic carbocycles. The number of aromatic nitrogens is 1. The number of fused-ring (bicyclic) bond motifs is 1. The fourth-order valence-electron chi connectivity index (χ4n) is 2.46. The van der Waals surface area contributed by atoms with Gasteiger partial charge in [-0.15, -0.1) is 0 Å². The van der Waals surface area contributed by atoms with Gasteiger partial charge in [-0.05, 0) is 17.7 Å². The second kappa shape index (κ2) is 7.79. The van der Waals surface area contributed by atoms with E-state index in [-0.39, 0.29) is 28.8 Å². The highest BCUT2D eigenvalue weighted by Gasteiger charge is 2.10. The number of pyridine rings is 1. The molecule has 0 saturated heterocycles. The summed E-state index contributed by atoms with van der Waals surface area (Å²) < 4.78 is 0. The molecule has 0 unspecified atom stereocenters. The standard InChI is InChI=1S/C18H13ClN4O4/c19-15-9-12(14-2-1-7-20-17(14)18(15)25)10-21-22-16(24)8-11-3-5-13(6-4-11)23(26)27/h1-7,9-10,25H,8H2,(H,22,24)/b21-10-. The molecule has 3 aromatic rings. The number of aromatic hydroxyl groups is 1. The van der Waals surface area contributed by atoms with Gasteiger partial charge in [-0.2, -0.15) is 5.10 Å². The van der Waals surface area contributed by atoms with Crippen molar-refractivity contribution in [2.45, 2.75) is 6.42 Å². The first-order valence-corrected chi connectivity index (χ1v) is 8.15. The first kappa shape index (κ1) is 18.3. The zero-order chi connectivity index (χ0) is 19.4. The van der Waals surface area contributed by atoms with E-state index in [4.69, 9.17) is 11.6 Å². The van der Waals surface area contributed by atoms with Crippen LogP contribution in [0.25, 0.3) is 10.9 Å². The number of nitro benzene ring substituents is 1. The Kier molecular flexibility index (Phi) is 5.28. The van der Waals surface area contributed by atoms with Crippen LogP contribution in [0.4, 0.5) is 5.69 Å². The first-order chi connectivity index (χ1) is 13.0. The molecule has 0 spiro atoms. The van der Waals surface area contributed by atoms with Crippen LogP contribution in [0.3, 0.4) is 0 Å². The average Bonchev–Trinajstić information content (AvgIpc) is 2.66. The van der Waals surface area contributed by atoms with E-state index in [1.807, 2.05) is 0 Å². The SMILES string of the molecule is O=C(Cc1ccc([N+](=O)[O-])cc1)N/N=C\c1cc(Cl)c(O)c2ncccc12. The number of phenols is 1. The number of halogens is 1. The zero-order valence-electron chi connectivity index (χ0n) is 13.8. The summed E-state index contributed by atoms with van der Waals surface area (Å²) in [4.78, 5) is 26.2. The molecule has 136 valence electrons. The minimum absolute atomic E-state index is 0.0218. The van der Waals surface area contributed by atoms with E-state index in [9.17, 15) is 20.0 Å². The van der Waals surface area contributed by atoms with E-state index in [2.05, 4.69) is 15.5 Å². The van der Waals surface area contributed by atoms with Gasteiger partial charge in [-0.1, -0.05) is 29.8 Å². The van der Waals surface area contributed by atoms with Crippen molar-refractivity contribution in [3.63, 3.8) is 0 Å². The zero-order valence-corrected chi connectivity index (χ0v) is 14.6. The Morgan fingerprint density at radius 2 is 2.07 bits per heavy atom. The summed E-state index contributed by atoms with van der Waals surface area (Å²) in [5.74, 6) is -0.501. The molecule has 3 rings (SSSR count). The Morgan fingerprint density at radius 3 is 2.78 bits per heavy atom. The van der Waals surface area contributed by atoms with Crippen LogP contribution in [0.1, 0.15) is 11.1 Å². The van der Waals surface area contributed by atoms with Crippen molar-refractivity contribution >= 4 is 40.3 Å². The topological polar surface area (TPSA) is 118 Å². The van der Waals surface area contributed by atoms with E-state index in [1.54, 1.807) is 12.1 Å². The van der Waals surface area contributed by atoms with E-state index in [0.29, 0.717) is 22.0 Å². The molecule has 2 N–H and O–H groups in total. The molecule has 0 bridgehead atoms. The Hall–Kier alpha value is -3.52. The second-order valence-corrected chi connectivity index (χ2v) is 6.00. The first-order valence-electron chi connectivity index (χ1n) is 7.77. The van der Waals surface area contributed by atoms with Crippen LogP contribution in [0.5, 0.6) is 5.75 Å². The normalized spacial score (nSPS) is 11.0. The van der Waals surface area contributed by atoms with Gasteiger partial charge in [-0.25, -0.2) is 5.43 Å². The lowest BCUT2D eigenvalue weighted by molar-refractivity contribution is -0.384. The maximum Gasteiger partial charge on any atom is 0.269 e. The molecule has 9 heteroatoms. The number of hydrazone groups is 1. The van der Waals surface area contributed by atoms with Crippen molar-refractivity contribution in [1.82, 2.24) is 10.4 Å². The van der Waals surface area contributed by atoms with Gasteiger partial charge < -0.3 is 5.11 Å². The lowest BCUT2D eigenvalue weighted by Crippen LogP contribution is -2.19. The van der Waals surface area contributed by atoms with Gasteiger partial charge in [0.25, 0.3) is 5.69 Å². The molecule has 1 aromatic heterocycles. The van der Waals surface area contributed by atoms with Crippen LogP contribution in [0.15, 0.2) is 53.8 Å². The predicted octanol–water partition coefficient (Wildman–Crippen LogP) is 3.19. The molecule has 1 amide bonds. The third-order valence-corrected chi connectivity index (χ3v) is 4.04. The van der Waals surface area contributed by atoms with Gasteiger partial charge in [-0.3, -0.25) is 19.9 Å². The molecule has 27 heavy (non-hydrogen) atoms. The Morgan fingerprint density at radius 1 is 1.33 bits per heavy atom. The molecule has 0 atom stereocenters. The quantitative estimate of drug-likeness (QED) is 0.398. The number of nitrogens with one attached hydrogen (secondary N) is 1. The Balaban J connectivity index is 1.70. The molecule has 0 aliphatic rings. The summed E-state index contributed by atoms with van der Waals surface area (Å²) in [6.45, 7) is 0. The lowest BCUT2D eigenvalue weighted by atomic mass is 10.1. The van der Waals surface area contributed by atoms with Crippen molar-refractivity contribution in [2.24, 2.45) is 5.10 Å². The smallest absolute Gasteiger partial charge is 0.269 e. The van der Waals surface area contributed by atoms with Gasteiger partial charge in [0.05, 0.1) is 22.6 Å². The molecular weight excluding hydrogens is 372 g/mol. The number of carbonyl (C=O) groups excluding carboxylic acids is 1. The van der Waals surface area contributed by atoms with Gasteiger partial charge in [0.1, 0.15) is 5.52 Å². The maximum absolute atomic E-state index is 12.0. The highest BCUT2D eigenvalue weighted by molar-refractivity contribution is 6.33. The van der Waals surface area contributed by atoms with Crippen LogP contribution >= 0.6 is 11.6 Å². The van der Waals surface area contributed by atoms with E-state index < -0.39 is 4.92 Å². The highest BCUT2D eigenvalue weighted by atomic mass is 35.5. The molecule has 8 nitrogen and oxygen atoms in total. The molecular formula is C18H13ClN4O4. The average molecular weight is 385 g/mol. The number of benzene rings is 2. The molecule has 0 aliphatic carbocycles. The number of nitro groups is 1. The number of hydrogen-bond acceptors (Lipinski definition) is 6. The van der Waals surface area contributed by atoms with Crippen LogP contribution < -0.4 is 5.43 Å². The fraction of sp³-hybridized carbons (Fsp3) is 0.0556. The molecule has 0 saturated carbocycles. The highest BCUT2D eigenvalue weighted by Crippen LogP contribution is 2.32. The Bertz CT molecular complexity index is 1050. The number of non-ortho nitro benzene ring substituents is 1. The van der Waals surface area contributed by atoms with E-state index in [1.165, 1.54) is 42.7 Å². The van der Waals surface area contributed by atoms with Gasteiger partial charge in [0.2, 0.25) is 5.91 Å². The summed E-state index contributed by atoms with van der Waals surface area (Å²) in [6, 6.07) is 10.7. The number of rotatable bonds is 5. The third kappa shape index (κ3) is 4.18. The van der Waals surface area contributed by atoms with E-state index >= 15 is 0 Å². The lowest BCUT2D eigenvalue weighted by Gasteiger charge is -2.06. The summed E-state index contributed by atoms with van der Waals surface area (Å²) >= 11 is 5.99. The van der Waals surface area contributed by atoms with Crippen LogP contribution in [0, 0.1) is 10.1 Å². The largest absolute Gasteiger partial charge is 0.504 e. The third-order valence-electron chi connectivity index (χ3n) is 3.76. The Labute approximate surface area is 158 Å².